The van der Waals surface area contributed by atoms with Gasteiger partial charge in [-0.25, -0.2) is 0 Å². The maximum atomic E-state index is 12.1. The van der Waals surface area contributed by atoms with Crippen molar-refractivity contribution in [3.05, 3.63) is 28.3 Å². The van der Waals surface area contributed by atoms with Crippen LogP contribution in [0.3, 0.4) is 0 Å². The molecule has 0 saturated heterocycles. The fraction of sp³-hybridized carbons (Fsp3) is 0.467. The van der Waals surface area contributed by atoms with E-state index in [0.717, 1.165) is 27.9 Å². The number of amides is 1. The highest BCUT2D eigenvalue weighted by molar-refractivity contribution is 5.98. The van der Waals surface area contributed by atoms with E-state index in [0.29, 0.717) is 0 Å². The second-order valence-electron chi connectivity index (χ2n) is 5.33. The Bertz CT molecular complexity index is 510. The highest BCUT2D eigenvalue weighted by atomic mass is 16.2. The number of carbonyl (C=O) groups excluding carboxylic acids is 1. The summed E-state index contributed by atoms with van der Waals surface area (Å²) in [7, 11) is 0. The first-order chi connectivity index (χ1) is 8.20. The van der Waals surface area contributed by atoms with Gasteiger partial charge in [-0.1, -0.05) is 6.07 Å². The van der Waals surface area contributed by atoms with Gasteiger partial charge in [-0.05, 0) is 63.8 Å². The number of benzene rings is 1. The van der Waals surface area contributed by atoms with E-state index < -0.39 is 5.41 Å². The van der Waals surface area contributed by atoms with Crippen molar-refractivity contribution < 1.29 is 4.79 Å². The molecule has 0 aliphatic heterocycles. The fourth-order valence-electron chi connectivity index (χ4n) is 1.72. The summed E-state index contributed by atoms with van der Waals surface area (Å²) < 4.78 is 0. The van der Waals surface area contributed by atoms with Gasteiger partial charge in [0, 0.05) is 5.69 Å². The molecule has 0 unspecified atom stereocenters. The Balaban J connectivity index is 3.22. The lowest BCUT2D eigenvalue weighted by molar-refractivity contribution is -0.121. The third kappa shape index (κ3) is 2.53. The molecule has 1 amide bonds. The van der Waals surface area contributed by atoms with Gasteiger partial charge in [0.2, 0.25) is 5.91 Å². The summed E-state index contributed by atoms with van der Waals surface area (Å²) in [5.74, 6) is -0.263. The molecule has 0 fully saturated rings. The number of nitriles is 1. The summed E-state index contributed by atoms with van der Waals surface area (Å²) in [6.07, 6.45) is 0. The lowest BCUT2D eigenvalue weighted by Crippen LogP contribution is -2.30. The maximum Gasteiger partial charge on any atom is 0.244 e. The molecule has 0 bridgehead atoms. The maximum absolute atomic E-state index is 12.1. The van der Waals surface area contributed by atoms with E-state index >= 15 is 0 Å². The monoisotopic (exact) mass is 244 g/mol. The van der Waals surface area contributed by atoms with Gasteiger partial charge >= 0.3 is 0 Å². The molecule has 0 spiro atoms. The Labute approximate surface area is 109 Å². The van der Waals surface area contributed by atoms with Crippen LogP contribution in [0.15, 0.2) is 6.07 Å². The number of rotatable bonds is 2. The standard InChI is InChI=1S/C15H20N2O/c1-9-7-10(2)12(4)13(11(9)3)17-14(18)15(5,6)8-16/h7H,1-6H3,(H,17,18). The van der Waals surface area contributed by atoms with Crippen LogP contribution in [-0.2, 0) is 4.79 Å². The second kappa shape index (κ2) is 4.81. The number of hydrogen-bond donors (Lipinski definition) is 1. The zero-order valence-electron chi connectivity index (χ0n) is 11.9. The third-order valence-electron chi connectivity index (χ3n) is 3.45. The largest absolute Gasteiger partial charge is 0.324 e. The molecule has 0 aliphatic rings. The zero-order valence-corrected chi connectivity index (χ0v) is 11.9. The molecule has 3 heteroatoms. The van der Waals surface area contributed by atoms with E-state index in [1.54, 1.807) is 13.8 Å². The first kappa shape index (κ1) is 14.2. The second-order valence-corrected chi connectivity index (χ2v) is 5.33. The van der Waals surface area contributed by atoms with Crippen LogP contribution in [-0.4, -0.2) is 5.91 Å². The highest BCUT2D eigenvalue weighted by Crippen LogP contribution is 2.28. The molecule has 96 valence electrons. The van der Waals surface area contributed by atoms with E-state index in [2.05, 4.69) is 11.4 Å². The third-order valence-corrected chi connectivity index (χ3v) is 3.45. The molecule has 0 saturated carbocycles. The van der Waals surface area contributed by atoms with Crippen molar-refractivity contribution >= 4 is 11.6 Å². The molecule has 1 aromatic rings. The Hall–Kier alpha value is -1.82. The van der Waals surface area contributed by atoms with Crippen molar-refractivity contribution in [2.24, 2.45) is 5.41 Å². The number of nitrogens with one attached hydrogen (secondary N) is 1. The molecule has 1 rings (SSSR count). The lowest BCUT2D eigenvalue weighted by atomic mass is 9.93. The summed E-state index contributed by atoms with van der Waals surface area (Å²) in [4.78, 5) is 12.1. The minimum atomic E-state index is -1.02. The Morgan fingerprint density at radius 3 is 2.00 bits per heavy atom. The summed E-state index contributed by atoms with van der Waals surface area (Å²) in [6, 6.07) is 4.12. The SMILES string of the molecule is Cc1cc(C)c(C)c(NC(=O)C(C)(C)C#N)c1C. The molecule has 1 N–H and O–H groups in total. The van der Waals surface area contributed by atoms with Crippen LogP contribution in [0.25, 0.3) is 0 Å². The number of anilines is 1. The van der Waals surface area contributed by atoms with Gasteiger partial charge in [-0.2, -0.15) is 5.26 Å². The summed E-state index contributed by atoms with van der Waals surface area (Å²) in [6.45, 7) is 11.2. The van der Waals surface area contributed by atoms with Crippen molar-refractivity contribution in [3.8, 4) is 6.07 Å². The zero-order chi connectivity index (χ0) is 14.1. The topological polar surface area (TPSA) is 52.9 Å². The van der Waals surface area contributed by atoms with Crippen LogP contribution in [0.2, 0.25) is 0 Å². The number of carbonyl (C=O) groups is 1. The first-order valence-corrected chi connectivity index (χ1v) is 6.01. The van der Waals surface area contributed by atoms with E-state index in [4.69, 9.17) is 5.26 Å². The fourth-order valence-corrected chi connectivity index (χ4v) is 1.72. The smallest absolute Gasteiger partial charge is 0.244 e. The molecule has 1 aromatic carbocycles. The minimum Gasteiger partial charge on any atom is -0.324 e. The molecule has 0 heterocycles. The lowest BCUT2D eigenvalue weighted by Gasteiger charge is -2.20. The average Bonchev–Trinajstić information content (AvgIpc) is 2.31. The average molecular weight is 244 g/mol. The predicted molar refractivity (Wildman–Crippen MR) is 73.4 cm³/mol. The van der Waals surface area contributed by atoms with Gasteiger partial charge in [0.05, 0.1) is 6.07 Å². The molecule has 18 heavy (non-hydrogen) atoms. The molecule has 0 aromatic heterocycles. The summed E-state index contributed by atoms with van der Waals surface area (Å²) in [5.41, 5.74) is 4.21. The minimum absolute atomic E-state index is 0.263. The van der Waals surface area contributed by atoms with E-state index in [9.17, 15) is 4.79 Å². The Morgan fingerprint density at radius 2 is 1.61 bits per heavy atom. The van der Waals surface area contributed by atoms with Crippen LogP contribution >= 0.6 is 0 Å². The molecule has 0 atom stereocenters. The van der Waals surface area contributed by atoms with Crippen LogP contribution in [0.1, 0.15) is 36.1 Å². The summed E-state index contributed by atoms with van der Waals surface area (Å²) >= 11 is 0. The molecule has 0 aliphatic carbocycles. The van der Waals surface area contributed by atoms with E-state index in [1.165, 1.54) is 0 Å². The van der Waals surface area contributed by atoms with Crippen LogP contribution in [0, 0.1) is 44.4 Å². The molecular formula is C15H20N2O. The quantitative estimate of drug-likeness (QED) is 0.866. The van der Waals surface area contributed by atoms with Crippen molar-refractivity contribution in [1.82, 2.24) is 0 Å². The Morgan fingerprint density at radius 1 is 1.17 bits per heavy atom. The van der Waals surface area contributed by atoms with Gasteiger partial charge < -0.3 is 5.32 Å². The number of nitrogens with zero attached hydrogens (tertiary/aromatic N) is 1. The van der Waals surface area contributed by atoms with Gasteiger partial charge in [0.15, 0.2) is 0 Å². The van der Waals surface area contributed by atoms with Crippen LogP contribution in [0.5, 0.6) is 0 Å². The normalized spacial score (nSPS) is 10.9. The Kier molecular flexibility index (Phi) is 3.81. The van der Waals surface area contributed by atoms with Crippen molar-refractivity contribution in [2.75, 3.05) is 5.32 Å². The van der Waals surface area contributed by atoms with Crippen molar-refractivity contribution in [1.29, 1.82) is 5.26 Å². The molecule has 3 nitrogen and oxygen atoms in total. The van der Waals surface area contributed by atoms with Gasteiger partial charge in [0.25, 0.3) is 0 Å². The summed E-state index contributed by atoms with van der Waals surface area (Å²) in [5, 5.41) is 11.9. The van der Waals surface area contributed by atoms with Crippen LogP contribution in [0.4, 0.5) is 5.69 Å². The van der Waals surface area contributed by atoms with Crippen molar-refractivity contribution in [3.63, 3.8) is 0 Å². The highest BCUT2D eigenvalue weighted by Gasteiger charge is 2.28. The van der Waals surface area contributed by atoms with Gasteiger partial charge in [-0.15, -0.1) is 0 Å². The number of hydrogen-bond acceptors (Lipinski definition) is 2. The molecular weight excluding hydrogens is 224 g/mol. The van der Waals surface area contributed by atoms with E-state index in [-0.39, 0.29) is 5.91 Å². The molecule has 0 radical (unpaired) electrons. The van der Waals surface area contributed by atoms with E-state index in [1.807, 2.05) is 33.8 Å². The van der Waals surface area contributed by atoms with Gasteiger partial charge in [-0.3, -0.25) is 4.79 Å². The van der Waals surface area contributed by atoms with Gasteiger partial charge in [0.1, 0.15) is 5.41 Å². The van der Waals surface area contributed by atoms with Crippen LogP contribution < -0.4 is 5.32 Å². The predicted octanol–water partition coefficient (Wildman–Crippen LogP) is 3.41. The first-order valence-electron chi connectivity index (χ1n) is 6.01. The van der Waals surface area contributed by atoms with Crippen molar-refractivity contribution in [2.45, 2.75) is 41.5 Å². The number of aryl methyl sites for hydroxylation is 2.